The molecule has 1 aliphatic carbocycles. The van der Waals surface area contributed by atoms with E-state index >= 15 is 0 Å². The van der Waals surface area contributed by atoms with Gasteiger partial charge in [-0.1, -0.05) is 0 Å². The highest BCUT2D eigenvalue weighted by Crippen LogP contribution is 2.38. The van der Waals surface area contributed by atoms with Crippen molar-refractivity contribution in [2.45, 2.75) is 38.6 Å². The summed E-state index contributed by atoms with van der Waals surface area (Å²) in [6.07, 6.45) is 10.1. The number of aryl methyl sites for hydroxylation is 1. The molecule has 1 saturated carbocycles. The first-order valence-corrected chi connectivity index (χ1v) is 12.9. The van der Waals surface area contributed by atoms with E-state index in [1.165, 1.54) is 20.0 Å². The highest BCUT2D eigenvalue weighted by Gasteiger charge is 2.26. The number of anilines is 2. The monoisotopic (exact) mass is 515 g/mol. The Morgan fingerprint density at radius 2 is 1.76 bits per heavy atom. The van der Waals surface area contributed by atoms with Crippen molar-refractivity contribution < 1.29 is 19.0 Å². The number of hydrogen-bond acceptors (Lipinski definition) is 8. The van der Waals surface area contributed by atoms with Crippen molar-refractivity contribution in [3.05, 3.63) is 55.0 Å². The quantitative estimate of drug-likeness (QED) is 0.183. The largest absolute Gasteiger partial charge is 0.497 e. The Balaban J connectivity index is 1.39. The van der Waals surface area contributed by atoms with E-state index in [-0.39, 0.29) is 5.97 Å². The minimum absolute atomic E-state index is 0.182. The molecule has 2 heterocycles. The van der Waals surface area contributed by atoms with Gasteiger partial charge in [-0.2, -0.15) is 5.10 Å². The SMILES string of the molecule is COC(=O)CCCCn1cc(-c2cnc3ccc(N(CC4CC4)c4cc(OC)cc(OC)c4)cc3n2)cn1. The van der Waals surface area contributed by atoms with Crippen LogP contribution in [0.1, 0.15) is 32.1 Å². The lowest BCUT2D eigenvalue weighted by Crippen LogP contribution is -2.20. The first kappa shape index (κ1) is 25.5. The van der Waals surface area contributed by atoms with Crippen LogP contribution in [0.15, 0.2) is 55.0 Å². The number of rotatable bonds is 12. The third kappa shape index (κ3) is 6.04. The fraction of sp³-hybridized carbons (Fsp3) is 0.379. The van der Waals surface area contributed by atoms with Crippen molar-refractivity contribution >= 4 is 28.4 Å². The smallest absolute Gasteiger partial charge is 0.305 e. The summed E-state index contributed by atoms with van der Waals surface area (Å²) in [5.74, 6) is 1.99. The van der Waals surface area contributed by atoms with E-state index in [4.69, 9.17) is 19.2 Å². The predicted octanol–water partition coefficient (Wildman–Crippen LogP) is 5.40. The van der Waals surface area contributed by atoms with Gasteiger partial charge in [0.05, 0.1) is 50.5 Å². The topological polar surface area (TPSA) is 91.6 Å². The van der Waals surface area contributed by atoms with E-state index in [1.807, 2.05) is 41.3 Å². The minimum Gasteiger partial charge on any atom is -0.497 e. The number of hydrogen-bond donors (Lipinski definition) is 0. The first-order chi connectivity index (χ1) is 18.6. The van der Waals surface area contributed by atoms with Crippen molar-refractivity contribution in [2.75, 3.05) is 32.8 Å². The van der Waals surface area contributed by atoms with Crippen LogP contribution in [0.4, 0.5) is 11.4 Å². The number of nitrogens with zero attached hydrogens (tertiary/aromatic N) is 5. The van der Waals surface area contributed by atoms with Crippen molar-refractivity contribution in [3.8, 4) is 22.8 Å². The molecule has 1 fully saturated rings. The third-order valence-corrected chi connectivity index (χ3v) is 6.80. The van der Waals surface area contributed by atoms with Crippen LogP contribution in [0.3, 0.4) is 0 Å². The summed E-state index contributed by atoms with van der Waals surface area (Å²) in [5.41, 5.74) is 5.40. The molecular formula is C29H33N5O4. The van der Waals surface area contributed by atoms with Crippen LogP contribution < -0.4 is 14.4 Å². The fourth-order valence-corrected chi connectivity index (χ4v) is 4.44. The molecule has 0 aliphatic heterocycles. The maximum Gasteiger partial charge on any atom is 0.305 e. The standard InChI is InChI=1S/C29H33N5O4/c1-36-24-12-23(13-25(15-24)37-2)34(18-20-7-8-20)22-9-10-26-27(14-22)32-28(17-30-26)21-16-31-33(19-21)11-5-4-6-29(35)38-3/h9-10,12-17,19-20H,4-8,11,18H2,1-3H3. The molecule has 38 heavy (non-hydrogen) atoms. The van der Waals surface area contributed by atoms with Gasteiger partial charge in [-0.3, -0.25) is 14.5 Å². The highest BCUT2D eigenvalue weighted by molar-refractivity contribution is 5.82. The van der Waals surface area contributed by atoms with E-state index in [0.717, 1.165) is 71.1 Å². The van der Waals surface area contributed by atoms with Gasteiger partial charge in [-0.15, -0.1) is 0 Å². The van der Waals surface area contributed by atoms with Gasteiger partial charge in [-0.05, 0) is 49.8 Å². The molecule has 2 aromatic heterocycles. The van der Waals surface area contributed by atoms with Crippen LogP contribution >= 0.6 is 0 Å². The number of benzene rings is 2. The number of ether oxygens (including phenoxy) is 3. The number of aromatic nitrogens is 4. The Labute approximate surface area is 222 Å². The van der Waals surface area contributed by atoms with Crippen molar-refractivity contribution in [1.29, 1.82) is 0 Å². The van der Waals surface area contributed by atoms with Gasteiger partial charge < -0.3 is 19.1 Å². The molecule has 0 bridgehead atoms. The Hall–Kier alpha value is -4.14. The Morgan fingerprint density at radius 1 is 0.974 bits per heavy atom. The molecule has 9 nitrogen and oxygen atoms in total. The van der Waals surface area contributed by atoms with Gasteiger partial charge in [0.2, 0.25) is 0 Å². The van der Waals surface area contributed by atoms with Gasteiger partial charge in [0.1, 0.15) is 11.5 Å². The average Bonchev–Trinajstić information content (AvgIpc) is 3.66. The maximum atomic E-state index is 11.3. The van der Waals surface area contributed by atoms with Crippen molar-refractivity contribution in [3.63, 3.8) is 0 Å². The molecule has 0 N–H and O–H groups in total. The molecule has 2 aromatic carbocycles. The van der Waals surface area contributed by atoms with Gasteiger partial charge in [0.25, 0.3) is 0 Å². The fourth-order valence-electron chi connectivity index (χ4n) is 4.44. The van der Waals surface area contributed by atoms with Crippen LogP contribution in [-0.4, -0.2) is 53.6 Å². The molecule has 0 amide bonds. The van der Waals surface area contributed by atoms with Gasteiger partial charge >= 0.3 is 5.97 Å². The number of carbonyl (C=O) groups excluding carboxylic acids is 1. The molecule has 0 radical (unpaired) electrons. The Morgan fingerprint density at radius 3 is 2.47 bits per heavy atom. The summed E-state index contributed by atoms with van der Waals surface area (Å²) in [4.78, 5) is 23.2. The van der Waals surface area contributed by atoms with Crippen LogP contribution in [0, 0.1) is 5.92 Å². The number of esters is 1. The van der Waals surface area contributed by atoms with Gasteiger partial charge in [0, 0.05) is 60.8 Å². The van der Waals surface area contributed by atoms with E-state index in [0.29, 0.717) is 12.3 Å². The molecular weight excluding hydrogens is 482 g/mol. The lowest BCUT2D eigenvalue weighted by atomic mass is 10.1. The molecule has 0 saturated heterocycles. The second-order valence-electron chi connectivity index (χ2n) is 9.58. The number of unbranched alkanes of at least 4 members (excludes halogenated alkanes) is 1. The van der Waals surface area contributed by atoms with E-state index in [2.05, 4.69) is 27.1 Å². The second-order valence-corrected chi connectivity index (χ2v) is 9.58. The summed E-state index contributed by atoms with van der Waals surface area (Å²) in [5, 5.41) is 4.47. The van der Waals surface area contributed by atoms with Crippen LogP contribution in [0.5, 0.6) is 11.5 Å². The Kier molecular flexibility index (Phi) is 7.72. The minimum atomic E-state index is -0.182. The number of fused-ring (bicyclic) bond motifs is 1. The number of carbonyl (C=O) groups is 1. The molecule has 1 aliphatic rings. The summed E-state index contributed by atoms with van der Waals surface area (Å²) in [7, 11) is 4.75. The average molecular weight is 516 g/mol. The molecule has 4 aromatic rings. The van der Waals surface area contributed by atoms with Crippen molar-refractivity contribution in [1.82, 2.24) is 19.7 Å². The summed E-state index contributed by atoms with van der Waals surface area (Å²) in [6.45, 7) is 1.64. The maximum absolute atomic E-state index is 11.3. The van der Waals surface area contributed by atoms with Crippen LogP contribution in [0.25, 0.3) is 22.3 Å². The Bertz CT molecular complexity index is 1390. The molecule has 5 rings (SSSR count). The first-order valence-electron chi connectivity index (χ1n) is 12.9. The second kappa shape index (κ2) is 11.5. The summed E-state index contributed by atoms with van der Waals surface area (Å²) >= 11 is 0. The van der Waals surface area contributed by atoms with E-state index in [9.17, 15) is 4.79 Å². The van der Waals surface area contributed by atoms with E-state index < -0.39 is 0 Å². The lowest BCUT2D eigenvalue weighted by Gasteiger charge is -2.26. The molecule has 0 atom stereocenters. The van der Waals surface area contributed by atoms with E-state index in [1.54, 1.807) is 20.4 Å². The molecule has 198 valence electrons. The van der Waals surface area contributed by atoms with Gasteiger partial charge in [0.15, 0.2) is 0 Å². The normalized spacial score (nSPS) is 12.9. The molecule has 9 heteroatoms. The zero-order valence-corrected chi connectivity index (χ0v) is 22.1. The zero-order chi connectivity index (χ0) is 26.5. The summed E-state index contributed by atoms with van der Waals surface area (Å²) in [6, 6.07) is 12.2. The molecule has 0 unspecified atom stereocenters. The third-order valence-electron chi connectivity index (χ3n) is 6.80. The zero-order valence-electron chi connectivity index (χ0n) is 22.1. The lowest BCUT2D eigenvalue weighted by molar-refractivity contribution is -0.140. The predicted molar refractivity (Wildman–Crippen MR) is 146 cm³/mol. The van der Waals surface area contributed by atoms with Crippen LogP contribution in [0.2, 0.25) is 0 Å². The van der Waals surface area contributed by atoms with Crippen LogP contribution in [-0.2, 0) is 16.1 Å². The summed E-state index contributed by atoms with van der Waals surface area (Å²) < 4.78 is 17.6. The molecule has 0 spiro atoms. The van der Waals surface area contributed by atoms with Crippen molar-refractivity contribution in [2.24, 2.45) is 5.92 Å². The van der Waals surface area contributed by atoms with Gasteiger partial charge in [-0.25, -0.2) is 4.98 Å². The number of methoxy groups -OCH3 is 3. The highest BCUT2D eigenvalue weighted by atomic mass is 16.5.